The predicted molar refractivity (Wildman–Crippen MR) is 205 cm³/mol. The number of benzene rings is 4. The lowest BCUT2D eigenvalue weighted by Crippen LogP contribution is -3.12. The number of quaternary nitrogens is 1. The first-order chi connectivity index (χ1) is 26.8. The molecular formula is C40H40F2N6O7S. The summed E-state index contributed by atoms with van der Waals surface area (Å²) in [6.45, 7) is 3.85. The van der Waals surface area contributed by atoms with E-state index < -0.39 is 38.1 Å². The van der Waals surface area contributed by atoms with Gasteiger partial charge in [0.1, 0.15) is 10.6 Å². The number of sulfone groups is 1. The number of carboxylic acids is 1. The Labute approximate surface area is 321 Å². The number of carboxylic acid groups (broad SMARTS) is 1. The van der Waals surface area contributed by atoms with Gasteiger partial charge < -0.3 is 30.2 Å². The molecule has 0 saturated carbocycles. The van der Waals surface area contributed by atoms with Gasteiger partial charge in [0.05, 0.1) is 50.2 Å². The zero-order chi connectivity index (χ0) is 40.1. The lowest BCUT2D eigenvalue weighted by Gasteiger charge is -2.35. The molecule has 16 heteroatoms. The van der Waals surface area contributed by atoms with Gasteiger partial charge in [-0.05, 0) is 34.5 Å². The molecule has 4 aromatic carbocycles. The summed E-state index contributed by atoms with van der Waals surface area (Å²) in [4.78, 5) is 38.7. The number of para-hydroxylation sites is 1. The zero-order valence-electron chi connectivity index (χ0n) is 30.8. The molecule has 0 bridgehead atoms. The summed E-state index contributed by atoms with van der Waals surface area (Å²) in [6, 6.07) is 18.9. The van der Waals surface area contributed by atoms with Gasteiger partial charge in [-0.1, -0.05) is 60.3 Å². The number of H-pyrrole nitrogens is 1. The fourth-order valence-electron chi connectivity index (χ4n) is 6.68. The number of Topliss-reactive ketones (excluding diaryl/α,β-unsaturated/α-hetero) is 1. The van der Waals surface area contributed by atoms with E-state index in [9.17, 15) is 27.5 Å². The van der Waals surface area contributed by atoms with Gasteiger partial charge in [-0.15, -0.1) is 0 Å². The second kappa shape index (κ2) is 16.9. The molecule has 0 amide bonds. The summed E-state index contributed by atoms with van der Waals surface area (Å²) >= 11 is 0. The molecule has 1 aliphatic heterocycles. The number of hydrogen-bond donors (Lipinski definition) is 4. The van der Waals surface area contributed by atoms with E-state index >= 15 is 4.39 Å². The number of methoxy groups -OCH3 is 1. The first kappa shape index (κ1) is 39.9. The maximum atomic E-state index is 15.0. The first-order valence-corrected chi connectivity index (χ1v) is 19.5. The second-order valence-corrected chi connectivity index (χ2v) is 15.5. The Morgan fingerprint density at radius 1 is 1.04 bits per heavy atom. The van der Waals surface area contributed by atoms with Crippen LogP contribution in [0.4, 0.5) is 20.4 Å². The Morgan fingerprint density at radius 2 is 1.75 bits per heavy atom. The number of aromatic nitrogens is 3. The number of likely N-dealkylation sites (N-methyl/N-ethyl adjacent to an activating group) is 1. The minimum Gasteiger partial charge on any atom is -0.871 e. The topological polar surface area (TPSA) is 182 Å². The highest BCUT2D eigenvalue weighted by Gasteiger charge is 2.30. The number of aromatic carboxylic acids is 1. The van der Waals surface area contributed by atoms with Crippen molar-refractivity contribution in [2.75, 3.05) is 58.5 Å². The normalized spacial score (nSPS) is 14.3. The van der Waals surface area contributed by atoms with Gasteiger partial charge >= 0.3 is 5.97 Å². The molecule has 1 fully saturated rings. The molecule has 56 heavy (non-hydrogen) atoms. The average Bonchev–Trinajstić information content (AvgIpc) is 3.61. The van der Waals surface area contributed by atoms with Crippen LogP contribution in [0.2, 0.25) is 0 Å². The van der Waals surface area contributed by atoms with Crippen LogP contribution in [-0.4, -0.2) is 104 Å². The standard InChI is InChI=1S/C29H32F2N6O4S.C11H8O3/c1-36-10-12-37(13-11-36)23(17-41-2)24(38)14-18-6-4-7-19-20(15-32-27(18)19)28-21(30)16-33-29(35-28)34-22-8-5-9-25(26(22)31)42(3,39)40;12-10-8-4-2-1-3-7(8)5-6-9(10)11(13)14/h4-9,15-16,23,32H,10-14,17H2,1-3H3,(H,33,34,35);1-6,12H,(H,13,14)/t23-;/m1./s1. The van der Waals surface area contributed by atoms with Gasteiger partial charge in [0, 0.05) is 55.5 Å². The lowest BCUT2D eigenvalue weighted by molar-refractivity contribution is -0.884. The van der Waals surface area contributed by atoms with Crippen LogP contribution in [0.5, 0.6) is 5.75 Å². The number of halogens is 2. The Morgan fingerprint density at radius 3 is 2.46 bits per heavy atom. The summed E-state index contributed by atoms with van der Waals surface area (Å²) in [5.74, 6) is -3.37. The van der Waals surface area contributed by atoms with Crippen LogP contribution >= 0.6 is 0 Å². The average molecular weight is 787 g/mol. The largest absolute Gasteiger partial charge is 0.871 e. The molecule has 2 aromatic heterocycles. The van der Waals surface area contributed by atoms with Gasteiger partial charge in [0.2, 0.25) is 5.95 Å². The summed E-state index contributed by atoms with van der Waals surface area (Å²) in [5.41, 5.74) is 1.49. The number of nitrogens with one attached hydrogen (secondary N) is 3. The third-order valence-electron chi connectivity index (χ3n) is 9.67. The molecule has 1 aliphatic rings. The number of hydrogen-bond acceptors (Lipinski definition) is 10. The van der Waals surface area contributed by atoms with E-state index in [0.29, 0.717) is 28.5 Å². The Balaban J connectivity index is 0.000000317. The van der Waals surface area contributed by atoms with Gasteiger partial charge in [-0.3, -0.25) is 9.69 Å². The maximum Gasteiger partial charge on any atom is 0.335 e. The quantitative estimate of drug-likeness (QED) is 0.151. The van der Waals surface area contributed by atoms with Crippen molar-refractivity contribution in [3.8, 4) is 17.0 Å². The van der Waals surface area contributed by atoms with Crippen LogP contribution < -0.4 is 15.3 Å². The molecular weight excluding hydrogens is 747 g/mol. The predicted octanol–water partition coefficient (Wildman–Crippen LogP) is 3.62. The van der Waals surface area contributed by atoms with Crippen molar-refractivity contribution in [1.82, 2.24) is 19.9 Å². The third kappa shape index (κ3) is 8.68. The summed E-state index contributed by atoms with van der Waals surface area (Å²) < 4.78 is 59.1. The lowest BCUT2D eigenvalue weighted by atomic mass is 9.99. The number of piperazine rings is 1. The van der Waals surface area contributed by atoms with Crippen LogP contribution in [-0.2, 0) is 25.8 Å². The third-order valence-corrected chi connectivity index (χ3v) is 10.8. The Kier molecular flexibility index (Phi) is 12.0. The molecule has 1 atom stereocenters. The van der Waals surface area contributed by atoms with Crippen LogP contribution in [0.25, 0.3) is 32.9 Å². The van der Waals surface area contributed by atoms with Crippen LogP contribution in [0.1, 0.15) is 15.9 Å². The van der Waals surface area contributed by atoms with Gasteiger partial charge in [0.15, 0.2) is 27.3 Å². The van der Waals surface area contributed by atoms with Gasteiger partial charge in [-0.2, -0.15) is 0 Å². The van der Waals surface area contributed by atoms with E-state index in [0.717, 1.165) is 55.6 Å². The molecule has 4 N–H and O–H groups in total. The van der Waals surface area contributed by atoms with Crippen LogP contribution in [0.3, 0.4) is 0 Å². The molecule has 0 unspecified atom stereocenters. The number of ketones is 1. The van der Waals surface area contributed by atoms with E-state index in [1.165, 1.54) is 23.1 Å². The van der Waals surface area contributed by atoms with Crippen molar-refractivity contribution in [3.63, 3.8) is 0 Å². The van der Waals surface area contributed by atoms with Crippen molar-refractivity contribution in [2.45, 2.75) is 17.4 Å². The minimum absolute atomic E-state index is 0.0399. The summed E-state index contributed by atoms with van der Waals surface area (Å²) in [6.07, 6.45) is 3.64. The highest BCUT2D eigenvalue weighted by atomic mass is 32.2. The fraction of sp³-hybridized carbons (Fsp3) is 0.250. The molecule has 6 aromatic rings. The van der Waals surface area contributed by atoms with Crippen LogP contribution in [0.15, 0.2) is 90.1 Å². The van der Waals surface area contributed by atoms with E-state index in [1.807, 2.05) is 12.1 Å². The molecule has 13 nitrogen and oxygen atoms in total. The monoisotopic (exact) mass is 786 g/mol. The Bertz CT molecular complexity index is 2520. The minimum atomic E-state index is -3.81. The van der Waals surface area contributed by atoms with E-state index in [4.69, 9.17) is 9.84 Å². The Hall–Kier alpha value is -5.81. The highest BCUT2D eigenvalue weighted by Crippen LogP contribution is 2.33. The number of rotatable bonds is 11. The number of anilines is 2. The van der Waals surface area contributed by atoms with E-state index in [1.54, 1.807) is 49.7 Å². The highest BCUT2D eigenvalue weighted by molar-refractivity contribution is 7.90. The first-order valence-electron chi connectivity index (χ1n) is 17.6. The molecule has 7 rings (SSSR count). The van der Waals surface area contributed by atoms with E-state index in [2.05, 4.69) is 32.2 Å². The molecule has 0 aliphatic carbocycles. The number of carbonyl (C=O) groups excluding carboxylic acids is 1. The summed E-state index contributed by atoms with van der Waals surface area (Å²) in [5, 5.41) is 24.8. The molecule has 3 heterocycles. The van der Waals surface area contributed by atoms with Crippen molar-refractivity contribution < 1.29 is 46.6 Å². The van der Waals surface area contributed by atoms with Crippen molar-refractivity contribution in [2.24, 2.45) is 0 Å². The molecule has 1 saturated heterocycles. The van der Waals surface area contributed by atoms with Crippen molar-refractivity contribution >= 4 is 54.9 Å². The SMILES string of the molecule is COC[C@H](C(=O)Cc1cccc2c(-c3nc(Nc4cccc(S(C)(=O)=O)c4F)ncc3F)c[nH]c12)N1CC[NH+](C)CC1.O=C(O)c1ccc2ccccc2c1[O-]. The van der Waals surface area contributed by atoms with E-state index in [-0.39, 0.29) is 41.1 Å². The number of carbonyl (C=O) groups is 2. The molecule has 0 spiro atoms. The number of ether oxygens (including phenoxy) is 1. The van der Waals surface area contributed by atoms with Crippen molar-refractivity contribution in [3.05, 3.63) is 108 Å². The fourth-order valence-corrected chi connectivity index (χ4v) is 7.45. The maximum absolute atomic E-state index is 15.0. The number of fused-ring (bicyclic) bond motifs is 2. The molecule has 292 valence electrons. The van der Waals surface area contributed by atoms with Crippen molar-refractivity contribution in [1.29, 1.82) is 0 Å². The number of aromatic amines is 1. The second-order valence-electron chi connectivity index (χ2n) is 13.5. The van der Waals surface area contributed by atoms with Gasteiger partial charge in [0.25, 0.3) is 0 Å². The zero-order valence-corrected chi connectivity index (χ0v) is 31.6. The molecule has 0 radical (unpaired) electrons. The summed E-state index contributed by atoms with van der Waals surface area (Å²) in [7, 11) is -0.0738. The van der Waals surface area contributed by atoms with Gasteiger partial charge in [-0.25, -0.2) is 32.0 Å². The van der Waals surface area contributed by atoms with Crippen LogP contribution in [0, 0.1) is 11.6 Å². The number of nitrogens with zero attached hydrogens (tertiary/aromatic N) is 3. The smallest absolute Gasteiger partial charge is 0.335 e.